The molecule has 2 unspecified atom stereocenters. The van der Waals surface area contributed by atoms with E-state index in [1.807, 2.05) is 11.8 Å². The summed E-state index contributed by atoms with van der Waals surface area (Å²) in [6.45, 7) is 3.27. The second-order valence-corrected chi connectivity index (χ2v) is 5.79. The lowest BCUT2D eigenvalue weighted by Gasteiger charge is -2.29. The predicted octanol–water partition coefficient (Wildman–Crippen LogP) is 0.450. The molecule has 0 bridgehead atoms. The summed E-state index contributed by atoms with van der Waals surface area (Å²) in [5.41, 5.74) is 0. The van der Waals surface area contributed by atoms with Gasteiger partial charge in [0.25, 0.3) is 0 Å². The van der Waals surface area contributed by atoms with Crippen molar-refractivity contribution in [1.29, 1.82) is 0 Å². The van der Waals surface area contributed by atoms with E-state index in [2.05, 4.69) is 27.4 Å². The molecule has 2 saturated heterocycles. The molecule has 7 heteroatoms. The van der Waals surface area contributed by atoms with Crippen molar-refractivity contribution in [3.05, 3.63) is 11.7 Å². The van der Waals surface area contributed by atoms with Crippen molar-refractivity contribution in [2.45, 2.75) is 12.1 Å². The number of nitrogens with one attached hydrogen (secondary N) is 1. The summed E-state index contributed by atoms with van der Waals surface area (Å²) in [5.74, 6) is 3.65. The van der Waals surface area contributed by atoms with Gasteiger partial charge in [-0.05, 0) is 7.05 Å². The van der Waals surface area contributed by atoms with Gasteiger partial charge in [-0.1, -0.05) is 5.16 Å². The van der Waals surface area contributed by atoms with Crippen molar-refractivity contribution in [3.63, 3.8) is 0 Å². The normalized spacial score (nSPS) is 30.5. The number of rotatable bonds is 2. The van der Waals surface area contributed by atoms with Gasteiger partial charge in [-0.25, -0.2) is 0 Å². The van der Waals surface area contributed by atoms with Gasteiger partial charge in [0.05, 0.1) is 19.3 Å². The largest absolute Gasteiger partial charge is 0.378 e. The molecule has 1 N–H and O–H groups in total. The zero-order chi connectivity index (χ0) is 12.4. The summed E-state index contributed by atoms with van der Waals surface area (Å²) in [6.07, 6.45) is 0. The van der Waals surface area contributed by atoms with Crippen LogP contribution in [0.2, 0.25) is 0 Å². The van der Waals surface area contributed by atoms with Gasteiger partial charge >= 0.3 is 0 Å². The average Bonchev–Trinajstić information content (AvgIpc) is 2.90. The lowest BCUT2D eigenvalue weighted by atomic mass is 10.2. The van der Waals surface area contributed by atoms with Crippen LogP contribution in [0.15, 0.2) is 4.52 Å². The predicted molar refractivity (Wildman–Crippen MR) is 68.6 cm³/mol. The minimum Gasteiger partial charge on any atom is -0.378 e. The van der Waals surface area contributed by atoms with E-state index in [1.54, 1.807) is 0 Å². The van der Waals surface area contributed by atoms with Gasteiger partial charge in [0.15, 0.2) is 5.82 Å². The van der Waals surface area contributed by atoms with Crippen LogP contribution in [0.4, 0.5) is 0 Å². The molecule has 3 rings (SSSR count). The molecule has 0 spiro atoms. The van der Waals surface area contributed by atoms with E-state index < -0.39 is 0 Å². The molecule has 6 nitrogen and oxygen atoms in total. The fraction of sp³-hybridized carbons (Fsp3) is 0.818. The Hall–Kier alpha value is -0.630. The molecular weight excluding hydrogens is 252 g/mol. The number of thioether (sulfide) groups is 1. The number of morpholine rings is 1. The van der Waals surface area contributed by atoms with Crippen molar-refractivity contribution in [3.8, 4) is 0 Å². The van der Waals surface area contributed by atoms with Gasteiger partial charge in [0, 0.05) is 24.6 Å². The quantitative estimate of drug-likeness (QED) is 0.837. The molecule has 1 aromatic heterocycles. The molecule has 2 atom stereocenters. The van der Waals surface area contributed by atoms with Gasteiger partial charge < -0.3 is 14.6 Å². The zero-order valence-corrected chi connectivity index (χ0v) is 11.3. The van der Waals surface area contributed by atoms with Crippen molar-refractivity contribution in [1.82, 2.24) is 20.4 Å². The van der Waals surface area contributed by atoms with E-state index in [4.69, 9.17) is 9.26 Å². The first kappa shape index (κ1) is 12.4. The number of nitrogens with zero attached hydrogens (tertiary/aromatic N) is 3. The van der Waals surface area contributed by atoms with Crippen LogP contribution in [0, 0.1) is 0 Å². The molecular formula is C11H18N4O2S. The van der Waals surface area contributed by atoms with Crippen LogP contribution in [0.3, 0.4) is 0 Å². The van der Waals surface area contributed by atoms with E-state index in [0.29, 0.717) is 12.5 Å². The molecule has 1 aromatic rings. The molecule has 0 aromatic carbocycles. The van der Waals surface area contributed by atoms with Gasteiger partial charge in [-0.15, -0.1) is 0 Å². The monoisotopic (exact) mass is 270 g/mol. The molecule has 3 heterocycles. The molecule has 18 heavy (non-hydrogen) atoms. The van der Waals surface area contributed by atoms with Gasteiger partial charge in [0.1, 0.15) is 6.04 Å². The Kier molecular flexibility index (Phi) is 3.83. The number of ether oxygens (including phenoxy) is 1. The summed E-state index contributed by atoms with van der Waals surface area (Å²) >= 11 is 1.94. The third-order valence-corrected chi connectivity index (χ3v) is 4.39. The standard InChI is InChI=1S/C11H18N4O2S/c1-15-3-5-18-7-9(15)10-13-11(17-14-10)8-6-16-4-2-12-8/h8-9,12H,2-7H2,1H3. The molecule has 0 saturated carbocycles. The highest BCUT2D eigenvalue weighted by Crippen LogP contribution is 2.27. The second-order valence-electron chi connectivity index (χ2n) is 4.64. The highest BCUT2D eigenvalue weighted by atomic mass is 32.2. The summed E-state index contributed by atoms with van der Waals surface area (Å²) in [5, 5.41) is 7.45. The number of aromatic nitrogens is 2. The van der Waals surface area contributed by atoms with E-state index >= 15 is 0 Å². The summed E-state index contributed by atoms with van der Waals surface area (Å²) < 4.78 is 10.8. The SMILES string of the molecule is CN1CCSCC1c1noc(C2COCCN2)n1. The van der Waals surface area contributed by atoms with Crippen LogP contribution in [0.5, 0.6) is 0 Å². The summed E-state index contributed by atoms with van der Waals surface area (Å²) in [4.78, 5) is 6.82. The topological polar surface area (TPSA) is 63.4 Å². The Labute approximate surface area is 110 Å². The van der Waals surface area contributed by atoms with Crippen LogP contribution in [0.1, 0.15) is 23.8 Å². The second kappa shape index (κ2) is 5.56. The van der Waals surface area contributed by atoms with Gasteiger partial charge in [0.2, 0.25) is 5.89 Å². The van der Waals surface area contributed by atoms with E-state index in [1.165, 1.54) is 5.75 Å². The molecule has 2 aliphatic rings. The van der Waals surface area contributed by atoms with E-state index in [-0.39, 0.29) is 12.1 Å². The maximum atomic E-state index is 5.41. The smallest absolute Gasteiger partial charge is 0.246 e. The Balaban J connectivity index is 1.71. The van der Waals surface area contributed by atoms with E-state index in [9.17, 15) is 0 Å². The van der Waals surface area contributed by atoms with Crippen molar-refractivity contribution < 1.29 is 9.26 Å². The molecule has 2 aliphatic heterocycles. The molecule has 100 valence electrons. The molecule has 0 amide bonds. The third-order valence-electron chi connectivity index (χ3n) is 3.37. The minimum atomic E-state index is 0.0431. The fourth-order valence-electron chi connectivity index (χ4n) is 2.21. The Morgan fingerprint density at radius 3 is 3.22 bits per heavy atom. The van der Waals surface area contributed by atoms with Gasteiger partial charge in [-0.2, -0.15) is 16.7 Å². The average molecular weight is 270 g/mol. The van der Waals surface area contributed by atoms with E-state index in [0.717, 1.165) is 31.3 Å². The van der Waals surface area contributed by atoms with Crippen LogP contribution in [-0.4, -0.2) is 59.9 Å². The lowest BCUT2D eigenvalue weighted by molar-refractivity contribution is 0.0659. The maximum Gasteiger partial charge on any atom is 0.246 e. The van der Waals surface area contributed by atoms with Crippen LogP contribution >= 0.6 is 11.8 Å². The third kappa shape index (κ3) is 2.54. The van der Waals surface area contributed by atoms with Crippen LogP contribution in [0.25, 0.3) is 0 Å². The van der Waals surface area contributed by atoms with Gasteiger partial charge in [-0.3, -0.25) is 4.90 Å². The Bertz CT molecular complexity index is 394. The fourth-order valence-corrected chi connectivity index (χ4v) is 3.42. The highest BCUT2D eigenvalue weighted by Gasteiger charge is 2.28. The summed E-state index contributed by atoms with van der Waals surface area (Å²) in [7, 11) is 2.11. The number of hydrogen-bond donors (Lipinski definition) is 1. The highest BCUT2D eigenvalue weighted by molar-refractivity contribution is 7.99. The lowest BCUT2D eigenvalue weighted by Crippen LogP contribution is -2.35. The van der Waals surface area contributed by atoms with Crippen molar-refractivity contribution >= 4 is 11.8 Å². The maximum absolute atomic E-state index is 5.41. The molecule has 0 aliphatic carbocycles. The first-order valence-electron chi connectivity index (χ1n) is 6.27. The zero-order valence-electron chi connectivity index (χ0n) is 10.5. The first-order valence-corrected chi connectivity index (χ1v) is 7.42. The minimum absolute atomic E-state index is 0.0431. The Morgan fingerprint density at radius 1 is 1.50 bits per heavy atom. The summed E-state index contributed by atoms with van der Waals surface area (Å²) in [6, 6.07) is 0.312. The van der Waals surface area contributed by atoms with Crippen molar-refractivity contribution in [2.24, 2.45) is 0 Å². The van der Waals surface area contributed by atoms with Crippen molar-refractivity contribution in [2.75, 3.05) is 44.9 Å². The molecule has 2 fully saturated rings. The first-order chi connectivity index (χ1) is 8.84. The van der Waals surface area contributed by atoms with Crippen LogP contribution in [-0.2, 0) is 4.74 Å². The molecule has 0 radical (unpaired) electrons. The number of hydrogen-bond acceptors (Lipinski definition) is 7. The Morgan fingerprint density at radius 2 is 2.44 bits per heavy atom. The van der Waals surface area contributed by atoms with Crippen LogP contribution < -0.4 is 5.32 Å².